The van der Waals surface area contributed by atoms with Crippen molar-refractivity contribution in [2.24, 2.45) is 5.73 Å². The van der Waals surface area contributed by atoms with E-state index in [4.69, 9.17) is 31.4 Å². The molecule has 2 heterocycles. The number of hydrogen-bond donors (Lipinski definition) is 2. The van der Waals surface area contributed by atoms with E-state index in [1.807, 2.05) is 0 Å². The average molecular weight is 284 g/mol. The van der Waals surface area contributed by atoms with Gasteiger partial charge in [0.2, 0.25) is 0 Å². The second-order valence-corrected chi connectivity index (χ2v) is 5.49. The van der Waals surface area contributed by atoms with E-state index in [0.717, 1.165) is 11.0 Å². The average Bonchev–Trinajstić information content (AvgIpc) is 2.70. The number of nitrogens with two attached hydrogens (primary N) is 1. The smallest absolute Gasteiger partial charge is 0.491 e. The minimum atomic E-state index is -0.809. The number of hydrogen-bond acceptors (Lipinski definition) is 5. The first kappa shape index (κ1) is 13.2. The number of halogens is 1. The molecule has 0 radical (unpaired) electrons. The van der Waals surface area contributed by atoms with Gasteiger partial charge >= 0.3 is 7.12 Å². The Hall–Kier alpha value is -0.785. The molecule has 3 rings (SSSR count). The van der Waals surface area contributed by atoms with Gasteiger partial charge in [-0.3, -0.25) is 0 Å². The third-order valence-corrected chi connectivity index (χ3v) is 3.84. The predicted octanol–water partition coefficient (Wildman–Crippen LogP) is 0.225. The number of rotatable bonds is 2. The number of aliphatic hydroxyl groups is 1. The summed E-state index contributed by atoms with van der Waals surface area (Å²) < 4.78 is 17.4. The Bertz CT molecular complexity index is 515. The topological polar surface area (TPSA) is 73.9 Å². The van der Waals surface area contributed by atoms with Gasteiger partial charge in [-0.2, -0.15) is 0 Å². The Morgan fingerprint density at radius 2 is 2.37 bits per heavy atom. The number of benzene rings is 1. The molecule has 19 heavy (non-hydrogen) atoms. The lowest BCUT2D eigenvalue weighted by Crippen LogP contribution is -2.45. The Kier molecular flexibility index (Phi) is 3.23. The molecule has 0 saturated heterocycles. The predicted molar refractivity (Wildman–Crippen MR) is 71.8 cm³/mol. The summed E-state index contributed by atoms with van der Waals surface area (Å²) >= 11 is 6.22. The molecule has 0 unspecified atom stereocenters. The van der Waals surface area contributed by atoms with Crippen LogP contribution in [0, 0.1) is 0 Å². The van der Waals surface area contributed by atoms with Crippen LogP contribution in [0.3, 0.4) is 0 Å². The van der Waals surface area contributed by atoms with E-state index in [1.165, 1.54) is 0 Å². The molecule has 0 amide bonds. The van der Waals surface area contributed by atoms with Crippen molar-refractivity contribution in [2.45, 2.75) is 18.6 Å². The normalized spacial score (nSPS) is 28.8. The van der Waals surface area contributed by atoms with Crippen LogP contribution in [0.1, 0.15) is 18.6 Å². The van der Waals surface area contributed by atoms with Crippen molar-refractivity contribution in [1.29, 1.82) is 0 Å². The van der Waals surface area contributed by atoms with Crippen LogP contribution in [0.15, 0.2) is 12.1 Å². The fourth-order valence-electron chi connectivity index (χ4n) is 2.44. The van der Waals surface area contributed by atoms with Crippen molar-refractivity contribution in [1.82, 2.24) is 0 Å². The molecule has 1 aromatic rings. The lowest BCUT2D eigenvalue weighted by molar-refractivity contribution is -0.0265. The largest absolute Gasteiger partial charge is 0.499 e. The standard InChI is InChI=1S/C12H15BClNO4/c1-12(5-16)6-17-8-3-2-7(14)10-9(4-15)18-13(19-12)11(8)10/h2-3,9,16H,4-6,15H2,1H3/t9-,12-/m1/s1. The van der Waals surface area contributed by atoms with Crippen LogP contribution >= 0.6 is 11.6 Å². The molecule has 2 atom stereocenters. The maximum Gasteiger partial charge on any atom is 0.499 e. The summed E-state index contributed by atoms with van der Waals surface area (Å²) in [6, 6.07) is 3.56. The summed E-state index contributed by atoms with van der Waals surface area (Å²) in [6.07, 6.45) is -0.308. The minimum Gasteiger partial charge on any atom is -0.491 e. The van der Waals surface area contributed by atoms with Crippen LogP contribution in [0.2, 0.25) is 5.02 Å². The molecule has 2 aliphatic heterocycles. The van der Waals surface area contributed by atoms with Crippen LogP contribution in [0.5, 0.6) is 5.75 Å². The summed E-state index contributed by atoms with van der Waals surface area (Å²) in [4.78, 5) is 0. The molecule has 2 aliphatic rings. The monoisotopic (exact) mass is 283 g/mol. The van der Waals surface area contributed by atoms with Gasteiger partial charge in [-0.05, 0) is 19.1 Å². The van der Waals surface area contributed by atoms with Crippen LogP contribution in [0.25, 0.3) is 0 Å². The molecule has 0 aliphatic carbocycles. The molecule has 0 aromatic heterocycles. The SMILES string of the molecule is C[C@@]1(CO)COc2ccc(Cl)c3c2B(O[C@@H]3CN)O1. The van der Waals surface area contributed by atoms with Gasteiger partial charge in [-0.25, -0.2) is 0 Å². The molecule has 0 saturated carbocycles. The highest BCUT2D eigenvalue weighted by atomic mass is 35.5. The Morgan fingerprint density at radius 1 is 1.58 bits per heavy atom. The molecule has 3 N–H and O–H groups in total. The van der Waals surface area contributed by atoms with Crippen LogP contribution in [-0.2, 0) is 9.31 Å². The lowest BCUT2D eigenvalue weighted by atomic mass is 9.77. The molecule has 0 bridgehead atoms. The first-order valence-electron chi connectivity index (χ1n) is 6.17. The summed E-state index contributed by atoms with van der Waals surface area (Å²) in [5.41, 5.74) is 6.53. The maximum absolute atomic E-state index is 9.45. The van der Waals surface area contributed by atoms with Gasteiger partial charge < -0.3 is 24.9 Å². The second-order valence-electron chi connectivity index (χ2n) is 5.08. The van der Waals surface area contributed by atoms with E-state index >= 15 is 0 Å². The quantitative estimate of drug-likeness (QED) is 0.760. The molecule has 0 fully saturated rings. The van der Waals surface area contributed by atoms with Crippen LogP contribution < -0.4 is 15.9 Å². The van der Waals surface area contributed by atoms with Gasteiger partial charge in [0.15, 0.2) is 0 Å². The third-order valence-electron chi connectivity index (χ3n) is 3.51. The van der Waals surface area contributed by atoms with Gasteiger partial charge in [-0.15, -0.1) is 0 Å². The van der Waals surface area contributed by atoms with E-state index < -0.39 is 12.7 Å². The van der Waals surface area contributed by atoms with E-state index in [9.17, 15) is 5.11 Å². The fourth-order valence-corrected chi connectivity index (χ4v) is 2.72. The van der Waals surface area contributed by atoms with Crippen molar-refractivity contribution in [3.63, 3.8) is 0 Å². The van der Waals surface area contributed by atoms with E-state index in [0.29, 0.717) is 17.3 Å². The molecule has 102 valence electrons. The van der Waals surface area contributed by atoms with Crippen LogP contribution in [0.4, 0.5) is 0 Å². The highest BCUT2D eigenvalue weighted by Gasteiger charge is 2.47. The number of ether oxygens (including phenoxy) is 1. The van der Waals surface area contributed by atoms with Gasteiger partial charge in [-0.1, -0.05) is 11.6 Å². The second kappa shape index (κ2) is 4.65. The van der Waals surface area contributed by atoms with Crippen molar-refractivity contribution in [3.05, 3.63) is 22.7 Å². The molecule has 5 nitrogen and oxygen atoms in total. The van der Waals surface area contributed by atoms with E-state index in [2.05, 4.69) is 0 Å². The van der Waals surface area contributed by atoms with Crippen molar-refractivity contribution < 1.29 is 19.2 Å². The zero-order chi connectivity index (χ0) is 13.6. The number of aliphatic hydroxyl groups excluding tert-OH is 1. The summed E-state index contributed by atoms with van der Waals surface area (Å²) in [6.45, 7) is 2.19. The Labute approximate surface area is 116 Å². The minimum absolute atomic E-state index is 0.156. The van der Waals surface area contributed by atoms with Gasteiger partial charge in [0.1, 0.15) is 18.0 Å². The zero-order valence-electron chi connectivity index (χ0n) is 10.6. The van der Waals surface area contributed by atoms with E-state index in [-0.39, 0.29) is 19.3 Å². The maximum atomic E-state index is 9.45. The molecule has 1 aromatic carbocycles. The summed E-state index contributed by atoms with van der Waals surface area (Å²) in [7, 11) is -0.600. The zero-order valence-corrected chi connectivity index (χ0v) is 11.3. The molecular formula is C12H15BClNO4. The highest BCUT2D eigenvalue weighted by Crippen LogP contribution is 2.36. The summed E-state index contributed by atoms with van der Waals surface area (Å²) in [5, 5.41) is 10.0. The Morgan fingerprint density at radius 3 is 3.05 bits per heavy atom. The van der Waals surface area contributed by atoms with Crippen LogP contribution in [-0.4, -0.2) is 37.6 Å². The molecular weight excluding hydrogens is 268 g/mol. The van der Waals surface area contributed by atoms with Crippen molar-refractivity contribution in [3.8, 4) is 5.75 Å². The van der Waals surface area contributed by atoms with E-state index in [1.54, 1.807) is 19.1 Å². The Balaban J connectivity index is 2.09. The van der Waals surface area contributed by atoms with Gasteiger partial charge in [0.05, 0.1) is 12.7 Å². The van der Waals surface area contributed by atoms with Crippen molar-refractivity contribution >= 4 is 24.2 Å². The highest BCUT2D eigenvalue weighted by molar-refractivity contribution is 6.65. The van der Waals surface area contributed by atoms with Gasteiger partial charge in [0, 0.05) is 22.6 Å². The molecule has 0 spiro atoms. The third kappa shape index (κ3) is 2.04. The van der Waals surface area contributed by atoms with Crippen molar-refractivity contribution in [2.75, 3.05) is 19.8 Å². The van der Waals surface area contributed by atoms with Gasteiger partial charge in [0.25, 0.3) is 0 Å². The first-order valence-corrected chi connectivity index (χ1v) is 6.55. The fraction of sp³-hybridized carbons (Fsp3) is 0.500. The molecule has 7 heteroatoms. The lowest BCUT2D eigenvalue weighted by Gasteiger charge is -2.27. The first-order chi connectivity index (χ1) is 9.08. The summed E-state index contributed by atoms with van der Waals surface area (Å²) in [5.74, 6) is 0.678.